The van der Waals surface area contributed by atoms with E-state index < -0.39 is 0 Å². The number of hydrogen-bond acceptors (Lipinski definition) is 2. The molecule has 1 aromatic carbocycles. The van der Waals surface area contributed by atoms with E-state index in [-0.39, 0.29) is 5.54 Å². The Balaban J connectivity index is 1.82. The topological polar surface area (TPSA) is 12.5 Å². The molecule has 0 aromatic heterocycles. The van der Waals surface area contributed by atoms with Crippen LogP contribution in [0.25, 0.3) is 0 Å². The second-order valence-electron chi connectivity index (χ2n) is 8.54. The summed E-state index contributed by atoms with van der Waals surface area (Å²) in [5.74, 6) is 2.97. The minimum Gasteiger partial charge on any atom is -0.493 e. The zero-order valence-corrected chi connectivity index (χ0v) is 13.4. The summed E-state index contributed by atoms with van der Waals surface area (Å²) in [6.07, 6.45) is 5.56. The van der Waals surface area contributed by atoms with E-state index in [1.54, 1.807) is 5.56 Å². The number of rotatable bonds is 0. The molecule has 21 heavy (non-hydrogen) atoms. The van der Waals surface area contributed by atoms with Gasteiger partial charge in [-0.2, -0.15) is 0 Å². The van der Waals surface area contributed by atoms with Gasteiger partial charge in [-0.05, 0) is 70.4 Å². The van der Waals surface area contributed by atoms with E-state index in [1.165, 1.54) is 37.1 Å². The summed E-state index contributed by atoms with van der Waals surface area (Å²) in [5.41, 5.74) is 3.64. The molecule has 2 aliphatic carbocycles. The van der Waals surface area contributed by atoms with Crippen LogP contribution in [0.4, 0.5) is 5.69 Å². The number of fused-ring (bicyclic) bond motifs is 3. The first-order chi connectivity index (χ1) is 10.0. The third kappa shape index (κ3) is 1.27. The van der Waals surface area contributed by atoms with Crippen LogP contribution in [0.1, 0.15) is 52.0 Å². The van der Waals surface area contributed by atoms with E-state index in [1.807, 2.05) is 0 Å². The number of ether oxygens (including phenoxy) is 1. The smallest absolute Gasteiger partial charge is 0.125 e. The molecule has 2 heteroatoms. The highest BCUT2D eigenvalue weighted by molar-refractivity contribution is 5.72. The number of nitrogens with zero attached hydrogens (tertiary/aromatic N) is 1. The quantitative estimate of drug-likeness (QED) is 0.710. The van der Waals surface area contributed by atoms with E-state index >= 15 is 0 Å². The molecule has 2 aliphatic heterocycles. The zero-order valence-electron chi connectivity index (χ0n) is 13.4. The van der Waals surface area contributed by atoms with E-state index in [0.717, 1.165) is 24.5 Å². The van der Waals surface area contributed by atoms with Crippen LogP contribution in [0.2, 0.25) is 0 Å². The van der Waals surface area contributed by atoms with Gasteiger partial charge in [0.1, 0.15) is 5.75 Å². The van der Waals surface area contributed by atoms with Crippen LogP contribution in [0.15, 0.2) is 18.2 Å². The van der Waals surface area contributed by atoms with Crippen molar-refractivity contribution in [3.63, 3.8) is 0 Å². The van der Waals surface area contributed by atoms with Crippen LogP contribution in [0.5, 0.6) is 5.75 Å². The van der Waals surface area contributed by atoms with Crippen LogP contribution in [0, 0.1) is 11.8 Å². The highest BCUT2D eigenvalue weighted by Crippen LogP contribution is 2.69. The first-order valence-electron chi connectivity index (χ1n) is 8.59. The van der Waals surface area contributed by atoms with Gasteiger partial charge in [0.25, 0.3) is 0 Å². The SMILES string of the molecule is CC(C)(C)N1c2cccc3c2[C@@]2(CCO3)[C@@H]3CC[C@H](C3)[C@@H]12. The maximum atomic E-state index is 6.06. The molecule has 0 unspecified atom stereocenters. The van der Waals surface area contributed by atoms with Gasteiger partial charge in [0.15, 0.2) is 0 Å². The zero-order chi connectivity index (χ0) is 14.4. The van der Waals surface area contributed by atoms with Crippen molar-refractivity contribution in [1.29, 1.82) is 0 Å². The van der Waals surface area contributed by atoms with Gasteiger partial charge in [-0.1, -0.05) is 6.07 Å². The number of benzene rings is 1. The lowest BCUT2D eigenvalue weighted by molar-refractivity contribution is 0.144. The fourth-order valence-electron chi connectivity index (χ4n) is 6.27. The van der Waals surface area contributed by atoms with E-state index in [4.69, 9.17) is 4.74 Å². The molecule has 5 rings (SSSR count). The maximum Gasteiger partial charge on any atom is 0.125 e. The maximum absolute atomic E-state index is 6.06. The van der Waals surface area contributed by atoms with E-state index in [9.17, 15) is 0 Å². The molecule has 112 valence electrons. The summed E-state index contributed by atoms with van der Waals surface area (Å²) in [5, 5.41) is 0. The first kappa shape index (κ1) is 12.4. The Morgan fingerprint density at radius 3 is 2.90 bits per heavy atom. The van der Waals surface area contributed by atoms with Gasteiger partial charge < -0.3 is 9.64 Å². The Kier molecular flexibility index (Phi) is 2.11. The Hall–Kier alpha value is -1.18. The second kappa shape index (κ2) is 3.59. The fraction of sp³-hybridized carbons (Fsp3) is 0.684. The molecule has 4 aliphatic rings. The standard InChI is InChI=1S/C19H25NO/c1-18(2,3)20-14-5-4-6-15-16(14)19(9-10-21-15)13-8-7-12(11-13)17(19)20/h4-6,12-13,17H,7-11H2,1-3H3/t12-,13-,17-,19-/m1/s1. The summed E-state index contributed by atoms with van der Waals surface area (Å²) in [4.78, 5) is 2.77. The van der Waals surface area contributed by atoms with Gasteiger partial charge in [0.05, 0.1) is 6.61 Å². The molecule has 2 saturated carbocycles. The van der Waals surface area contributed by atoms with Crippen molar-refractivity contribution in [3.05, 3.63) is 23.8 Å². The summed E-state index contributed by atoms with van der Waals surface area (Å²) in [6, 6.07) is 7.46. The normalized spacial score (nSPS) is 39.2. The largest absolute Gasteiger partial charge is 0.493 e. The molecule has 4 atom stereocenters. The molecule has 1 aromatic rings. The third-order valence-corrected chi connectivity index (χ3v) is 6.68. The Bertz CT molecular complexity index is 616. The van der Waals surface area contributed by atoms with Crippen LogP contribution < -0.4 is 9.64 Å². The molecule has 0 amide bonds. The summed E-state index contributed by atoms with van der Waals surface area (Å²) < 4.78 is 6.06. The van der Waals surface area contributed by atoms with Crippen molar-refractivity contribution in [2.24, 2.45) is 11.8 Å². The molecule has 1 spiro atoms. The van der Waals surface area contributed by atoms with Crippen LogP contribution in [-0.4, -0.2) is 18.2 Å². The van der Waals surface area contributed by atoms with E-state index in [2.05, 4.69) is 43.9 Å². The Labute approximate surface area is 127 Å². The lowest BCUT2D eigenvalue weighted by Crippen LogP contribution is -2.56. The lowest BCUT2D eigenvalue weighted by Gasteiger charge is -2.48. The highest BCUT2D eigenvalue weighted by atomic mass is 16.5. The molecule has 2 bridgehead atoms. The second-order valence-corrected chi connectivity index (χ2v) is 8.54. The molecule has 0 saturated heterocycles. The molecular weight excluding hydrogens is 258 g/mol. The van der Waals surface area contributed by atoms with Crippen LogP contribution >= 0.6 is 0 Å². The van der Waals surface area contributed by atoms with Gasteiger partial charge in [-0.15, -0.1) is 0 Å². The minimum atomic E-state index is 0.189. The summed E-state index contributed by atoms with van der Waals surface area (Å²) in [6.45, 7) is 8.05. The van der Waals surface area contributed by atoms with Crippen molar-refractivity contribution in [2.45, 2.75) is 63.5 Å². The van der Waals surface area contributed by atoms with E-state index in [0.29, 0.717) is 5.41 Å². The number of anilines is 1. The predicted molar refractivity (Wildman–Crippen MR) is 85.1 cm³/mol. The van der Waals surface area contributed by atoms with Gasteiger partial charge >= 0.3 is 0 Å². The average molecular weight is 283 g/mol. The van der Waals surface area contributed by atoms with Crippen molar-refractivity contribution < 1.29 is 4.74 Å². The van der Waals surface area contributed by atoms with Crippen LogP contribution in [0.3, 0.4) is 0 Å². The highest BCUT2D eigenvalue weighted by Gasteiger charge is 2.67. The molecule has 0 radical (unpaired) electrons. The average Bonchev–Trinajstić information content (AvgIpc) is 3.07. The molecule has 2 fully saturated rings. The van der Waals surface area contributed by atoms with Gasteiger partial charge in [0.2, 0.25) is 0 Å². The van der Waals surface area contributed by atoms with Gasteiger partial charge in [-0.3, -0.25) is 0 Å². The summed E-state index contributed by atoms with van der Waals surface area (Å²) in [7, 11) is 0. The van der Waals surface area contributed by atoms with Crippen molar-refractivity contribution in [3.8, 4) is 5.75 Å². The molecule has 2 nitrogen and oxygen atoms in total. The van der Waals surface area contributed by atoms with Crippen molar-refractivity contribution >= 4 is 5.69 Å². The Morgan fingerprint density at radius 1 is 1.24 bits per heavy atom. The monoisotopic (exact) mass is 283 g/mol. The van der Waals surface area contributed by atoms with Gasteiger partial charge in [-0.25, -0.2) is 0 Å². The van der Waals surface area contributed by atoms with Gasteiger partial charge in [0, 0.05) is 28.2 Å². The third-order valence-electron chi connectivity index (χ3n) is 6.68. The predicted octanol–water partition coefficient (Wildman–Crippen LogP) is 4.12. The minimum absolute atomic E-state index is 0.189. The lowest BCUT2D eigenvalue weighted by atomic mass is 9.64. The molecule has 0 N–H and O–H groups in total. The van der Waals surface area contributed by atoms with Crippen molar-refractivity contribution in [2.75, 3.05) is 11.5 Å². The fourth-order valence-corrected chi connectivity index (χ4v) is 6.27. The van der Waals surface area contributed by atoms with Crippen molar-refractivity contribution in [1.82, 2.24) is 0 Å². The number of hydrogen-bond donors (Lipinski definition) is 0. The first-order valence-corrected chi connectivity index (χ1v) is 8.59. The Morgan fingerprint density at radius 2 is 2.10 bits per heavy atom. The van der Waals surface area contributed by atoms with Crippen LogP contribution in [-0.2, 0) is 5.41 Å². The molecular formula is C19H25NO. The molecule has 2 heterocycles. The summed E-state index contributed by atoms with van der Waals surface area (Å²) >= 11 is 0.